The van der Waals surface area contributed by atoms with Crippen LogP contribution in [0.4, 0.5) is 0 Å². The van der Waals surface area contributed by atoms with Crippen LogP contribution in [0.1, 0.15) is 25.7 Å². The van der Waals surface area contributed by atoms with Crippen molar-refractivity contribution in [3.8, 4) is 0 Å². The standard InChI is InChI=1S/C19H29N3OS/c1-20-19(21-13-17-7-5-6-12-23-17)22-11-10-16(14-22)15-24-18-8-3-2-4-9-18/h2-4,8-9,16-17H,5-7,10-15H2,1H3,(H,20,21). The summed E-state index contributed by atoms with van der Waals surface area (Å²) in [5.74, 6) is 2.96. The molecule has 3 rings (SSSR count). The smallest absolute Gasteiger partial charge is 0.193 e. The van der Waals surface area contributed by atoms with Crippen LogP contribution in [0, 0.1) is 5.92 Å². The summed E-state index contributed by atoms with van der Waals surface area (Å²) in [7, 11) is 1.89. The zero-order valence-corrected chi connectivity index (χ0v) is 15.4. The van der Waals surface area contributed by atoms with Crippen molar-refractivity contribution in [2.75, 3.05) is 39.0 Å². The second-order valence-electron chi connectivity index (χ2n) is 6.64. The zero-order chi connectivity index (χ0) is 16.6. The number of ether oxygens (including phenoxy) is 1. The van der Waals surface area contributed by atoms with Gasteiger partial charge in [0.25, 0.3) is 0 Å². The van der Waals surface area contributed by atoms with Crippen molar-refractivity contribution in [3.05, 3.63) is 30.3 Å². The van der Waals surface area contributed by atoms with E-state index in [0.29, 0.717) is 6.10 Å². The number of nitrogens with one attached hydrogen (secondary N) is 1. The number of likely N-dealkylation sites (tertiary alicyclic amines) is 1. The second kappa shape index (κ2) is 9.33. The Morgan fingerprint density at radius 2 is 2.17 bits per heavy atom. The molecular weight excluding hydrogens is 318 g/mol. The van der Waals surface area contributed by atoms with Crippen LogP contribution >= 0.6 is 11.8 Å². The Labute approximate surface area is 150 Å². The lowest BCUT2D eigenvalue weighted by Crippen LogP contribution is -2.44. The molecule has 1 aromatic carbocycles. The Morgan fingerprint density at radius 3 is 2.92 bits per heavy atom. The summed E-state index contributed by atoms with van der Waals surface area (Å²) in [6.45, 7) is 4.00. The van der Waals surface area contributed by atoms with Crippen molar-refractivity contribution < 1.29 is 4.74 Å². The molecule has 0 amide bonds. The minimum absolute atomic E-state index is 0.350. The summed E-state index contributed by atoms with van der Waals surface area (Å²) in [5, 5.41) is 3.52. The Hall–Kier alpha value is -1.20. The quantitative estimate of drug-likeness (QED) is 0.504. The van der Waals surface area contributed by atoms with E-state index in [4.69, 9.17) is 4.74 Å². The van der Waals surface area contributed by atoms with Gasteiger partial charge in [-0.15, -0.1) is 11.8 Å². The zero-order valence-electron chi connectivity index (χ0n) is 14.6. The molecule has 24 heavy (non-hydrogen) atoms. The van der Waals surface area contributed by atoms with Gasteiger partial charge in [0.1, 0.15) is 0 Å². The van der Waals surface area contributed by atoms with E-state index in [1.54, 1.807) is 0 Å². The monoisotopic (exact) mass is 347 g/mol. The highest BCUT2D eigenvalue weighted by atomic mass is 32.2. The fourth-order valence-electron chi connectivity index (χ4n) is 3.40. The van der Waals surface area contributed by atoms with E-state index in [-0.39, 0.29) is 0 Å². The minimum atomic E-state index is 0.350. The van der Waals surface area contributed by atoms with E-state index >= 15 is 0 Å². The molecule has 2 saturated heterocycles. The van der Waals surface area contributed by atoms with Crippen molar-refractivity contribution in [1.82, 2.24) is 10.2 Å². The Morgan fingerprint density at radius 1 is 1.29 bits per heavy atom. The van der Waals surface area contributed by atoms with Gasteiger partial charge in [0, 0.05) is 43.9 Å². The first-order valence-electron chi connectivity index (χ1n) is 9.10. The second-order valence-corrected chi connectivity index (χ2v) is 7.73. The van der Waals surface area contributed by atoms with Crippen molar-refractivity contribution in [3.63, 3.8) is 0 Å². The molecule has 0 spiro atoms. The topological polar surface area (TPSA) is 36.9 Å². The summed E-state index contributed by atoms with van der Waals surface area (Å²) in [6, 6.07) is 10.7. The number of hydrogen-bond donors (Lipinski definition) is 1. The highest BCUT2D eigenvalue weighted by molar-refractivity contribution is 7.99. The Kier molecular flexibility index (Phi) is 6.85. The van der Waals surface area contributed by atoms with Gasteiger partial charge in [-0.2, -0.15) is 0 Å². The van der Waals surface area contributed by atoms with Crippen molar-refractivity contribution >= 4 is 17.7 Å². The van der Waals surface area contributed by atoms with Gasteiger partial charge in [-0.05, 0) is 43.7 Å². The van der Waals surface area contributed by atoms with Crippen LogP contribution in [0.2, 0.25) is 0 Å². The third kappa shape index (κ3) is 5.15. The largest absolute Gasteiger partial charge is 0.376 e. The number of thioether (sulfide) groups is 1. The van der Waals surface area contributed by atoms with Crippen molar-refractivity contribution in [2.45, 2.75) is 36.7 Å². The summed E-state index contributed by atoms with van der Waals surface area (Å²) >= 11 is 1.97. The van der Waals surface area contributed by atoms with Crippen molar-refractivity contribution in [1.29, 1.82) is 0 Å². The van der Waals surface area contributed by atoms with Crippen molar-refractivity contribution in [2.24, 2.45) is 10.9 Å². The highest BCUT2D eigenvalue weighted by Gasteiger charge is 2.25. The number of benzene rings is 1. The predicted octanol–water partition coefficient (Wildman–Crippen LogP) is 3.25. The molecule has 1 N–H and O–H groups in total. The average Bonchev–Trinajstić information content (AvgIpc) is 3.11. The first-order chi connectivity index (χ1) is 11.8. The van der Waals surface area contributed by atoms with Crippen LogP contribution in [0.3, 0.4) is 0 Å². The SMILES string of the molecule is CN=C(NCC1CCCCO1)N1CCC(CSc2ccccc2)C1. The van der Waals surface area contributed by atoms with Crippen LogP contribution in [0.25, 0.3) is 0 Å². The third-order valence-corrected chi connectivity index (χ3v) is 6.03. The maximum atomic E-state index is 5.80. The molecule has 0 bridgehead atoms. The third-order valence-electron chi connectivity index (χ3n) is 4.79. The number of aliphatic imine (C=N–C) groups is 1. The first-order valence-corrected chi connectivity index (χ1v) is 10.1. The summed E-state index contributed by atoms with van der Waals surface area (Å²) in [4.78, 5) is 8.25. The molecule has 4 nitrogen and oxygen atoms in total. The predicted molar refractivity (Wildman–Crippen MR) is 102 cm³/mol. The Balaban J connectivity index is 1.41. The summed E-state index contributed by atoms with van der Waals surface area (Å²) in [5.41, 5.74) is 0. The molecule has 2 atom stereocenters. The molecule has 0 aliphatic carbocycles. The van der Waals surface area contributed by atoms with Gasteiger partial charge in [0.15, 0.2) is 5.96 Å². The molecule has 1 aromatic rings. The highest BCUT2D eigenvalue weighted by Crippen LogP contribution is 2.25. The van der Waals surface area contributed by atoms with E-state index in [2.05, 4.69) is 45.5 Å². The lowest BCUT2D eigenvalue weighted by Gasteiger charge is -2.26. The van der Waals surface area contributed by atoms with E-state index in [1.165, 1.54) is 36.3 Å². The lowest BCUT2D eigenvalue weighted by atomic mass is 10.1. The van der Waals surface area contributed by atoms with Gasteiger partial charge in [-0.1, -0.05) is 18.2 Å². The molecule has 2 fully saturated rings. The first kappa shape index (κ1) is 17.6. The number of nitrogens with zero attached hydrogens (tertiary/aromatic N) is 2. The summed E-state index contributed by atoms with van der Waals surface area (Å²) < 4.78 is 5.80. The molecule has 2 aliphatic rings. The molecule has 2 heterocycles. The summed E-state index contributed by atoms with van der Waals surface area (Å²) in [6.07, 6.45) is 5.26. The van der Waals surface area contributed by atoms with Gasteiger partial charge >= 0.3 is 0 Å². The molecule has 2 unspecified atom stereocenters. The maximum absolute atomic E-state index is 5.80. The lowest BCUT2D eigenvalue weighted by molar-refractivity contribution is 0.0191. The van der Waals surface area contributed by atoms with Crippen LogP contribution in [-0.4, -0.2) is 56.0 Å². The number of rotatable bonds is 5. The number of hydrogen-bond acceptors (Lipinski definition) is 3. The van der Waals surface area contributed by atoms with Crippen LogP contribution < -0.4 is 5.32 Å². The van der Waals surface area contributed by atoms with E-state index in [9.17, 15) is 0 Å². The molecule has 132 valence electrons. The van der Waals surface area contributed by atoms with Crippen LogP contribution in [0.5, 0.6) is 0 Å². The fraction of sp³-hybridized carbons (Fsp3) is 0.632. The Bertz CT molecular complexity index is 517. The van der Waals surface area contributed by atoms with Gasteiger partial charge in [-0.25, -0.2) is 0 Å². The molecular formula is C19H29N3OS. The minimum Gasteiger partial charge on any atom is -0.376 e. The van der Waals surface area contributed by atoms with E-state index in [0.717, 1.165) is 38.1 Å². The number of guanidine groups is 1. The van der Waals surface area contributed by atoms with Gasteiger partial charge in [-0.3, -0.25) is 4.99 Å². The maximum Gasteiger partial charge on any atom is 0.193 e. The molecule has 0 saturated carbocycles. The molecule has 2 aliphatic heterocycles. The molecule has 5 heteroatoms. The van der Waals surface area contributed by atoms with Crippen LogP contribution in [-0.2, 0) is 4.74 Å². The van der Waals surface area contributed by atoms with E-state index in [1.807, 2.05) is 18.8 Å². The normalized spacial score (nSPS) is 25.0. The van der Waals surface area contributed by atoms with Gasteiger partial charge in [0.2, 0.25) is 0 Å². The fourth-order valence-corrected chi connectivity index (χ4v) is 4.45. The van der Waals surface area contributed by atoms with Crippen LogP contribution in [0.15, 0.2) is 40.2 Å². The average molecular weight is 348 g/mol. The molecule has 0 aromatic heterocycles. The molecule has 0 radical (unpaired) electrons. The van der Waals surface area contributed by atoms with Gasteiger partial charge in [0.05, 0.1) is 6.10 Å². The van der Waals surface area contributed by atoms with Gasteiger partial charge < -0.3 is 15.0 Å². The van der Waals surface area contributed by atoms with E-state index < -0.39 is 0 Å².